The summed E-state index contributed by atoms with van der Waals surface area (Å²) in [6.45, 7) is 0. The Kier molecular flexibility index (Phi) is 3.69. The number of carboxylic acids is 1. The highest BCUT2D eigenvalue weighted by Gasteiger charge is 2.10. The zero-order chi connectivity index (χ0) is 13.8. The molecule has 0 saturated heterocycles. The number of nitriles is 1. The molecule has 2 aromatic carbocycles. The molecule has 19 heavy (non-hydrogen) atoms. The molecule has 4 nitrogen and oxygen atoms in total. The highest BCUT2D eigenvalue weighted by molar-refractivity contribution is 6.32. The van der Waals surface area contributed by atoms with E-state index in [1.165, 1.54) is 18.2 Å². The molecule has 0 heterocycles. The van der Waals surface area contributed by atoms with Crippen LogP contribution in [0, 0.1) is 11.3 Å². The lowest BCUT2D eigenvalue weighted by Gasteiger charge is -2.09. The van der Waals surface area contributed by atoms with Gasteiger partial charge in [0, 0.05) is 0 Å². The summed E-state index contributed by atoms with van der Waals surface area (Å²) in [5, 5.41) is 17.9. The molecule has 94 valence electrons. The van der Waals surface area contributed by atoms with E-state index in [4.69, 9.17) is 26.7 Å². The van der Waals surface area contributed by atoms with Gasteiger partial charge in [-0.1, -0.05) is 23.7 Å². The van der Waals surface area contributed by atoms with Gasteiger partial charge in [-0.15, -0.1) is 0 Å². The normalized spacial score (nSPS) is 9.68. The van der Waals surface area contributed by atoms with Crippen molar-refractivity contribution in [3.05, 3.63) is 58.6 Å². The summed E-state index contributed by atoms with van der Waals surface area (Å²) in [4.78, 5) is 10.8. The summed E-state index contributed by atoms with van der Waals surface area (Å²) in [7, 11) is 0. The molecule has 0 aliphatic carbocycles. The minimum Gasteiger partial charge on any atom is -0.478 e. The molecular formula is C14H8ClNO3. The Labute approximate surface area is 114 Å². The van der Waals surface area contributed by atoms with Gasteiger partial charge in [-0.05, 0) is 30.3 Å². The van der Waals surface area contributed by atoms with E-state index in [1.54, 1.807) is 24.3 Å². The largest absolute Gasteiger partial charge is 0.478 e. The van der Waals surface area contributed by atoms with E-state index in [0.29, 0.717) is 17.1 Å². The van der Waals surface area contributed by atoms with Gasteiger partial charge in [0.1, 0.15) is 17.6 Å². The number of nitrogens with zero attached hydrogens (tertiary/aromatic N) is 1. The molecule has 5 heteroatoms. The molecule has 2 aromatic rings. The molecular weight excluding hydrogens is 266 g/mol. The van der Waals surface area contributed by atoms with Crippen molar-refractivity contribution in [3.63, 3.8) is 0 Å². The third-order valence-corrected chi connectivity index (χ3v) is 2.70. The summed E-state index contributed by atoms with van der Waals surface area (Å²) in [5.41, 5.74) is 0.451. The van der Waals surface area contributed by atoms with Crippen LogP contribution in [0.1, 0.15) is 15.9 Å². The summed E-state index contributed by atoms with van der Waals surface area (Å²) in [5.74, 6) is -0.393. The molecule has 0 aliphatic heterocycles. The molecule has 0 aromatic heterocycles. The van der Waals surface area contributed by atoms with Crippen LogP contribution in [0.4, 0.5) is 0 Å². The van der Waals surface area contributed by atoms with Crippen molar-refractivity contribution in [1.82, 2.24) is 0 Å². The predicted molar refractivity (Wildman–Crippen MR) is 69.6 cm³/mol. The number of rotatable bonds is 3. The number of halogens is 1. The van der Waals surface area contributed by atoms with E-state index in [2.05, 4.69) is 0 Å². The Hall–Kier alpha value is -2.51. The molecule has 0 saturated carbocycles. The number of hydrogen-bond acceptors (Lipinski definition) is 3. The maximum Gasteiger partial charge on any atom is 0.335 e. The van der Waals surface area contributed by atoms with E-state index < -0.39 is 5.97 Å². The number of aromatic carboxylic acids is 1. The van der Waals surface area contributed by atoms with Crippen molar-refractivity contribution in [2.45, 2.75) is 0 Å². The molecule has 2 rings (SSSR count). The standard InChI is InChI=1S/C14H8ClNO3/c15-11-7-9(14(17)18)5-6-13(11)19-12-4-2-1-3-10(12)8-16/h1-7H,(H,17,18). The van der Waals surface area contributed by atoms with Crippen molar-refractivity contribution in [3.8, 4) is 17.6 Å². The zero-order valence-electron chi connectivity index (χ0n) is 9.63. The van der Waals surface area contributed by atoms with Crippen LogP contribution in [-0.4, -0.2) is 11.1 Å². The van der Waals surface area contributed by atoms with Gasteiger partial charge in [0.25, 0.3) is 0 Å². The van der Waals surface area contributed by atoms with E-state index in [0.717, 1.165) is 0 Å². The second-order valence-corrected chi connectivity index (χ2v) is 4.07. The van der Waals surface area contributed by atoms with Crippen molar-refractivity contribution in [1.29, 1.82) is 5.26 Å². The minimum absolute atomic E-state index is 0.0749. The summed E-state index contributed by atoms with van der Waals surface area (Å²) in [6.07, 6.45) is 0. The first kappa shape index (κ1) is 12.9. The Morgan fingerprint density at radius 3 is 2.58 bits per heavy atom. The topological polar surface area (TPSA) is 70.3 Å². The number of hydrogen-bond donors (Lipinski definition) is 1. The summed E-state index contributed by atoms with van der Waals surface area (Å²) < 4.78 is 5.52. The highest BCUT2D eigenvalue weighted by Crippen LogP contribution is 2.31. The fourth-order valence-electron chi connectivity index (χ4n) is 1.48. The van der Waals surface area contributed by atoms with Crippen molar-refractivity contribution >= 4 is 17.6 Å². The predicted octanol–water partition coefficient (Wildman–Crippen LogP) is 3.70. The van der Waals surface area contributed by atoms with Crippen LogP contribution >= 0.6 is 11.6 Å². The Bertz CT molecular complexity index is 677. The molecule has 0 spiro atoms. The second kappa shape index (κ2) is 5.42. The van der Waals surface area contributed by atoms with Crippen LogP contribution in [0.15, 0.2) is 42.5 Å². The first-order chi connectivity index (χ1) is 9.11. The third kappa shape index (κ3) is 2.84. The SMILES string of the molecule is N#Cc1ccccc1Oc1ccc(C(=O)O)cc1Cl. The number of benzene rings is 2. The maximum absolute atomic E-state index is 10.8. The molecule has 0 bridgehead atoms. The van der Waals surface area contributed by atoms with E-state index >= 15 is 0 Å². The number of carboxylic acid groups (broad SMARTS) is 1. The zero-order valence-corrected chi connectivity index (χ0v) is 10.4. The van der Waals surface area contributed by atoms with Gasteiger partial charge in [-0.25, -0.2) is 4.79 Å². The fourth-order valence-corrected chi connectivity index (χ4v) is 1.70. The summed E-state index contributed by atoms with van der Waals surface area (Å²) in [6, 6.07) is 12.9. The van der Waals surface area contributed by atoms with Gasteiger partial charge < -0.3 is 9.84 Å². The molecule has 0 fully saturated rings. The highest BCUT2D eigenvalue weighted by atomic mass is 35.5. The third-order valence-electron chi connectivity index (χ3n) is 2.41. The van der Waals surface area contributed by atoms with Crippen molar-refractivity contribution in [2.24, 2.45) is 0 Å². The van der Waals surface area contributed by atoms with Crippen molar-refractivity contribution in [2.75, 3.05) is 0 Å². The lowest BCUT2D eigenvalue weighted by molar-refractivity contribution is 0.0697. The molecule has 0 unspecified atom stereocenters. The van der Waals surface area contributed by atoms with Crippen LogP contribution in [0.3, 0.4) is 0 Å². The van der Waals surface area contributed by atoms with E-state index in [-0.39, 0.29) is 10.6 Å². The van der Waals surface area contributed by atoms with Crippen LogP contribution in [0.5, 0.6) is 11.5 Å². The van der Waals surface area contributed by atoms with Crippen LogP contribution in [0.2, 0.25) is 5.02 Å². The smallest absolute Gasteiger partial charge is 0.335 e. The second-order valence-electron chi connectivity index (χ2n) is 3.66. The van der Waals surface area contributed by atoms with Gasteiger partial charge in [-0.3, -0.25) is 0 Å². The van der Waals surface area contributed by atoms with Crippen LogP contribution in [0.25, 0.3) is 0 Å². The lowest BCUT2D eigenvalue weighted by Crippen LogP contribution is -1.96. The van der Waals surface area contributed by atoms with Crippen LogP contribution in [-0.2, 0) is 0 Å². The van der Waals surface area contributed by atoms with E-state index in [9.17, 15) is 4.79 Å². The number of carbonyl (C=O) groups is 1. The maximum atomic E-state index is 10.8. The monoisotopic (exact) mass is 273 g/mol. The average Bonchev–Trinajstić information content (AvgIpc) is 2.41. The van der Waals surface area contributed by atoms with Gasteiger partial charge in [0.05, 0.1) is 16.1 Å². The lowest BCUT2D eigenvalue weighted by atomic mass is 10.2. The Morgan fingerprint density at radius 2 is 1.95 bits per heavy atom. The van der Waals surface area contributed by atoms with Crippen LogP contribution < -0.4 is 4.74 Å². The molecule has 0 amide bonds. The first-order valence-corrected chi connectivity index (χ1v) is 5.69. The fraction of sp³-hybridized carbons (Fsp3) is 0. The Balaban J connectivity index is 2.34. The van der Waals surface area contributed by atoms with Gasteiger partial charge in [-0.2, -0.15) is 5.26 Å². The number of para-hydroxylation sites is 1. The summed E-state index contributed by atoms with van der Waals surface area (Å²) >= 11 is 5.95. The van der Waals surface area contributed by atoms with Gasteiger partial charge >= 0.3 is 5.97 Å². The minimum atomic E-state index is -1.06. The van der Waals surface area contributed by atoms with Gasteiger partial charge in [0.15, 0.2) is 0 Å². The Morgan fingerprint density at radius 1 is 1.21 bits per heavy atom. The number of ether oxygens (including phenoxy) is 1. The quantitative estimate of drug-likeness (QED) is 0.925. The molecule has 0 atom stereocenters. The first-order valence-electron chi connectivity index (χ1n) is 5.31. The molecule has 1 N–H and O–H groups in total. The van der Waals surface area contributed by atoms with Gasteiger partial charge in [0.2, 0.25) is 0 Å². The van der Waals surface area contributed by atoms with E-state index in [1.807, 2.05) is 6.07 Å². The van der Waals surface area contributed by atoms with Crippen molar-refractivity contribution < 1.29 is 14.6 Å². The average molecular weight is 274 g/mol. The molecule has 0 aliphatic rings. The molecule has 0 radical (unpaired) electrons.